The van der Waals surface area contributed by atoms with Gasteiger partial charge in [0.05, 0.1) is 5.56 Å². The van der Waals surface area contributed by atoms with Crippen molar-refractivity contribution in [2.45, 2.75) is 12.6 Å². The molecule has 1 aromatic rings. The Morgan fingerprint density at radius 3 is 2.79 bits per heavy atom. The van der Waals surface area contributed by atoms with Crippen LogP contribution in [0.5, 0.6) is 0 Å². The van der Waals surface area contributed by atoms with E-state index >= 15 is 0 Å². The molecule has 0 aromatic heterocycles. The summed E-state index contributed by atoms with van der Waals surface area (Å²) in [6.45, 7) is 0.223. The van der Waals surface area contributed by atoms with Gasteiger partial charge in [0.1, 0.15) is 18.1 Å². The molecule has 14 heavy (non-hydrogen) atoms. The highest BCUT2D eigenvalue weighted by molar-refractivity contribution is 5.35. The molecule has 2 N–H and O–H groups in total. The second-order valence-electron chi connectivity index (χ2n) is 2.90. The Hall–Kier alpha value is -1.47. The lowest BCUT2D eigenvalue weighted by molar-refractivity contribution is 0.327. The molecule has 2 nitrogen and oxygen atoms in total. The number of nitrogens with zero attached hydrogens (tertiary/aromatic N) is 1. The fraction of sp³-hybridized carbons (Fsp3) is 0.300. The van der Waals surface area contributed by atoms with Crippen LogP contribution in [0.25, 0.3) is 0 Å². The van der Waals surface area contributed by atoms with Gasteiger partial charge in [-0.25, -0.2) is 8.78 Å². The molecule has 0 aliphatic carbocycles. The zero-order valence-electron chi connectivity index (χ0n) is 7.50. The van der Waals surface area contributed by atoms with Crippen LogP contribution in [0, 0.1) is 17.1 Å². The fourth-order valence-corrected chi connectivity index (χ4v) is 1.14. The lowest BCUT2D eigenvalue weighted by Crippen LogP contribution is -2.04. The van der Waals surface area contributed by atoms with Crippen LogP contribution in [-0.2, 0) is 0 Å². The molecular weight excluding hydrogens is 186 g/mol. The SMILES string of the molecule is N#Cc1cc(C(F)CCN)ccc1F. The van der Waals surface area contributed by atoms with Crippen molar-refractivity contribution in [1.82, 2.24) is 0 Å². The van der Waals surface area contributed by atoms with E-state index in [1.165, 1.54) is 12.1 Å². The van der Waals surface area contributed by atoms with Crippen LogP contribution < -0.4 is 5.73 Å². The zero-order valence-corrected chi connectivity index (χ0v) is 7.50. The maximum absolute atomic E-state index is 13.3. The Morgan fingerprint density at radius 1 is 1.50 bits per heavy atom. The molecule has 0 fully saturated rings. The van der Waals surface area contributed by atoms with Crippen LogP contribution in [0.4, 0.5) is 8.78 Å². The van der Waals surface area contributed by atoms with Crippen molar-refractivity contribution in [1.29, 1.82) is 5.26 Å². The van der Waals surface area contributed by atoms with E-state index < -0.39 is 12.0 Å². The summed E-state index contributed by atoms with van der Waals surface area (Å²) in [5.74, 6) is -0.629. The van der Waals surface area contributed by atoms with Gasteiger partial charge >= 0.3 is 0 Å². The first-order valence-electron chi connectivity index (χ1n) is 4.22. The van der Waals surface area contributed by atoms with E-state index in [4.69, 9.17) is 11.0 Å². The van der Waals surface area contributed by atoms with Crippen LogP contribution in [0.1, 0.15) is 23.7 Å². The van der Waals surface area contributed by atoms with E-state index in [2.05, 4.69) is 0 Å². The lowest BCUT2D eigenvalue weighted by atomic mass is 10.0. The standard InChI is InChI=1S/C10H10F2N2/c11-9-2-1-7(5-8(9)6-14)10(12)3-4-13/h1-2,5,10H,3-4,13H2. The molecule has 0 spiro atoms. The lowest BCUT2D eigenvalue weighted by Gasteiger charge is -2.07. The molecule has 0 saturated heterocycles. The number of hydrogen-bond donors (Lipinski definition) is 1. The molecule has 0 radical (unpaired) electrons. The molecule has 0 aliphatic rings. The first kappa shape index (κ1) is 10.6. The van der Waals surface area contributed by atoms with E-state index in [9.17, 15) is 8.78 Å². The average molecular weight is 196 g/mol. The van der Waals surface area contributed by atoms with Gasteiger partial charge in [-0.15, -0.1) is 0 Å². The van der Waals surface area contributed by atoms with E-state index in [1.54, 1.807) is 6.07 Å². The average Bonchev–Trinajstić information content (AvgIpc) is 2.19. The van der Waals surface area contributed by atoms with Crippen LogP contribution in [-0.4, -0.2) is 6.54 Å². The monoisotopic (exact) mass is 196 g/mol. The summed E-state index contributed by atoms with van der Waals surface area (Å²) in [5, 5.41) is 8.52. The van der Waals surface area contributed by atoms with Gasteiger partial charge in [0.2, 0.25) is 0 Å². The predicted octanol–water partition coefficient (Wildman–Crippen LogP) is 2.06. The fourth-order valence-electron chi connectivity index (χ4n) is 1.14. The predicted molar refractivity (Wildman–Crippen MR) is 48.6 cm³/mol. The number of benzene rings is 1. The van der Waals surface area contributed by atoms with Gasteiger partial charge in [-0.1, -0.05) is 6.07 Å². The highest BCUT2D eigenvalue weighted by Crippen LogP contribution is 2.22. The van der Waals surface area contributed by atoms with E-state index in [0.717, 1.165) is 6.07 Å². The van der Waals surface area contributed by atoms with Crippen molar-refractivity contribution in [3.8, 4) is 6.07 Å². The van der Waals surface area contributed by atoms with E-state index in [0.29, 0.717) is 5.56 Å². The maximum Gasteiger partial charge on any atom is 0.140 e. The van der Waals surface area contributed by atoms with Crippen molar-refractivity contribution in [3.63, 3.8) is 0 Å². The summed E-state index contributed by atoms with van der Waals surface area (Å²) >= 11 is 0. The molecule has 1 aromatic carbocycles. The molecule has 0 amide bonds. The Bertz CT molecular complexity index is 358. The van der Waals surface area contributed by atoms with Crippen molar-refractivity contribution in [2.24, 2.45) is 5.73 Å². The third kappa shape index (κ3) is 2.27. The Balaban J connectivity index is 2.95. The second kappa shape index (κ2) is 4.68. The summed E-state index contributed by atoms with van der Waals surface area (Å²) in [4.78, 5) is 0. The number of alkyl halides is 1. The summed E-state index contributed by atoms with van der Waals surface area (Å²) < 4.78 is 26.1. The summed E-state index contributed by atoms with van der Waals surface area (Å²) in [7, 11) is 0. The highest BCUT2D eigenvalue weighted by Gasteiger charge is 2.11. The molecule has 1 unspecified atom stereocenters. The first-order chi connectivity index (χ1) is 6.69. The van der Waals surface area contributed by atoms with Crippen LogP contribution in [0.15, 0.2) is 18.2 Å². The minimum absolute atomic E-state index is 0.137. The van der Waals surface area contributed by atoms with Crippen molar-refractivity contribution in [3.05, 3.63) is 35.1 Å². The third-order valence-electron chi connectivity index (χ3n) is 1.89. The Labute approximate surface area is 81.0 Å². The molecular formula is C10H10F2N2. The summed E-state index contributed by atoms with van der Waals surface area (Å²) in [6.07, 6.45) is -1.05. The van der Waals surface area contributed by atoms with Gasteiger partial charge in [0, 0.05) is 0 Å². The number of hydrogen-bond acceptors (Lipinski definition) is 2. The van der Waals surface area contributed by atoms with Crippen LogP contribution >= 0.6 is 0 Å². The zero-order chi connectivity index (χ0) is 10.6. The maximum atomic E-state index is 13.3. The van der Waals surface area contributed by atoms with Gasteiger partial charge in [0.15, 0.2) is 0 Å². The van der Waals surface area contributed by atoms with Crippen molar-refractivity contribution in [2.75, 3.05) is 6.54 Å². The van der Waals surface area contributed by atoms with Gasteiger partial charge < -0.3 is 5.73 Å². The van der Waals surface area contributed by atoms with E-state index in [-0.39, 0.29) is 18.5 Å². The number of halogens is 2. The van der Waals surface area contributed by atoms with Crippen molar-refractivity contribution >= 4 is 0 Å². The van der Waals surface area contributed by atoms with Crippen LogP contribution in [0.2, 0.25) is 0 Å². The van der Waals surface area contributed by atoms with E-state index in [1.807, 2.05) is 0 Å². The van der Waals surface area contributed by atoms with Crippen molar-refractivity contribution < 1.29 is 8.78 Å². The molecule has 1 atom stereocenters. The first-order valence-corrected chi connectivity index (χ1v) is 4.22. The van der Waals surface area contributed by atoms with Gasteiger partial charge in [-0.3, -0.25) is 0 Å². The summed E-state index contributed by atoms with van der Waals surface area (Å²) in [6, 6.07) is 5.30. The number of nitriles is 1. The molecule has 4 heteroatoms. The van der Waals surface area contributed by atoms with Gasteiger partial charge in [-0.05, 0) is 30.7 Å². The minimum Gasteiger partial charge on any atom is -0.330 e. The quantitative estimate of drug-likeness (QED) is 0.804. The second-order valence-corrected chi connectivity index (χ2v) is 2.90. The molecule has 0 saturated carbocycles. The Kier molecular flexibility index (Phi) is 3.55. The molecule has 0 aliphatic heterocycles. The third-order valence-corrected chi connectivity index (χ3v) is 1.89. The van der Waals surface area contributed by atoms with Crippen LogP contribution in [0.3, 0.4) is 0 Å². The number of nitrogens with two attached hydrogens (primary N) is 1. The minimum atomic E-state index is -1.23. The summed E-state index contributed by atoms with van der Waals surface area (Å²) in [5.41, 5.74) is 5.35. The van der Waals surface area contributed by atoms with Gasteiger partial charge in [-0.2, -0.15) is 5.26 Å². The largest absolute Gasteiger partial charge is 0.330 e. The Morgan fingerprint density at radius 2 is 2.21 bits per heavy atom. The number of rotatable bonds is 3. The highest BCUT2D eigenvalue weighted by atomic mass is 19.1. The van der Waals surface area contributed by atoms with Gasteiger partial charge in [0.25, 0.3) is 0 Å². The molecule has 0 heterocycles. The molecule has 1 rings (SSSR count). The topological polar surface area (TPSA) is 49.8 Å². The smallest absolute Gasteiger partial charge is 0.140 e. The normalized spacial score (nSPS) is 12.1. The molecule has 0 bridgehead atoms. The molecule has 74 valence electrons.